The maximum atomic E-state index is 14.2. The van der Waals surface area contributed by atoms with E-state index in [0.717, 1.165) is 30.0 Å². The lowest BCUT2D eigenvalue weighted by atomic mass is 9.86. The van der Waals surface area contributed by atoms with Gasteiger partial charge in [-0.15, -0.1) is 0 Å². The Hall–Kier alpha value is -2.52. The molecule has 29 heavy (non-hydrogen) atoms. The molecule has 2 aromatic carbocycles. The summed E-state index contributed by atoms with van der Waals surface area (Å²) in [5, 5.41) is 5.91. The number of hydrogen-bond donors (Lipinski definition) is 1. The lowest BCUT2D eigenvalue weighted by Crippen LogP contribution is -2.51. The molecule has 0 saturated carbocycles. The molecule has 2 aliphatic rings. The van der Waals surface area contributed by atoms with Gasteiger partial charge in [-0.25, -0.2) is 18.2 Å². The van der Waals surface area contributed by atoms with Crippen molar-refractivity contribution in [2.24, 2.45) is 16.8 Å². The van der Waals surface area contributed by atoms with Crippen LogP contribution in [0.1, 0.15) is 24.5 Å². The van der Waals surface area contributed by atoms with E-state index in [-0.39, 0.29) is 29.0 Å². The van der Waals surface area contributed by atoms with Crippen LogP contribution in [0.15, 0.2) is 41.5 Å². The highest BCUT2D eigenvalue weighted by Gasteiger charge is 2.56. The average Bonchev–Trinajstić information content (AvgIpc) is 3.06. The van der Waals surface area contributed by atoms with Gasteiger partial charge in [-0.2, -0.15) is 5.10 Å². The van der Waals surface area contributed by atoms with Crippen molar-refractivity contribution in [2.75, 3.05) is 13.2 Å². The fourth-order valence-corrected chi connectivity index (χ4v) is 5.34. The van der Waals surface area contributed by atoms with Crippen LogP contribution in [-0.4, -0.2) is 29.1 Å². The molecule has 2 heterocycles. The molecule has 2 unspecified atom stereocenters. The number of rotatable bonds is 3. The molecule has 2 atom stereocenters. The number of halogens is 3. The first-order chi connectivity index (χ1) is 13.8. The molecule has 2 N–H and O–H groups in total. The largest absolute Gasteiger partial charge is 0.493 e. The van der Waals surface area contributed by atoms with Crippen LogP contribution < -0.4 is 10.5 Å². The summed E-state index contributed by atoms with van der Waals surface area (Å²) in [5.74, 6) is -2.26. The summed E-state index contributed by atoms with van der Waals surface area (Å²) >= 11 is 1.16. The molecule has 9 heteroatoms. The number of nitrogens with zero attached hydrogens (tertiary/aromatic N) is 2. The van der Waals surface area contributed by atoms with E-state index in [1.54, 1.807) is 0 Å². The summed E-state index contributed by atoms with van der Waals surface area (Å²) in [6, 6.07) is 7.15. The minimum absolute atomic E-state index is 0.201. The van der Waals surface area contributed by atoms with Crippen molar-refractivity contribution >= 4 is 22.7 Å². The monoisotopic (exact) mass is 421 g/mol. The Labute approximate surface area is 169 Å². The maximum absolute atomic E-state index is 14.2. The minimum atomic E-state index is -1.13. The molecule has 2 aliphatic heterocycles. The summed E-state index contributed by atoms with van der Waals surface area (Å²) in [7, 11) is 0. The summed E-state index contributed by atoms with van der Waals surface area (Å²) in [6.07, 6.45) is 0.479. The van der Waals surface area contributed by atoms with Gasteiger partial charge < -0.3 is 10.5 Å². The van der Waals surface area contributed by atoms with Gasteiger partial charge in [0.1, 0.15) is 28.2 Å². The Morgan fingerprint density at radius 3 is 2.62 bits per heavy atom. The predicted molar refractivity (Wildman–Crippen MR) is 104 cm³/mol. The van der Waals surface area contributed by atoms with E-state index in [1.807, 2.05) is 0 Å². The Morgan fingerprint density at radius 1 is 1.24 bits per heavy atom. The van der Waals surface area contributed by atoms with E-state index in [4.69, 9.17) is 10.5 Å². The SMILES string of the molecule is CC(=O)N1N=C(c2cc(F)cc(F)c2)SC12c1cc(F)ccc1OCC2CCN. The first-order valence-electron chi connectivity index (χ1n) is 9.03. The number of ether oxygens (including phenoxy) is 1. The zero-order valence-corrected chi connectivity index (χ0v) is 16.3. The molecule has 0 radical (unpaired) electrons. The number of nitrogens with two attached hydrogens (primary N) is 1. The van der Waals surface area contributed by atoms with Gasteiger partial charge in [-0.1, -0.05) is 11.8 Å². The van der Waals surface area contributed by atoms with E-state index >= 15 is 0 Å². The van der Waals surface area contributed by atoms with Gasteiger partial charge in [-0.3, -0.25) is 4.79 Å². The molecular weight excluding hydrogens is 403 g/mol. The van der Waals surface area contributed by atoms with Gasteiger partial charge in [0.05, 0.1) is 6.61 Å². The molecule has 5 nitrogen and oxygen atoms in total. The highest BCUT2D eigenvalue weighted by molar-refractivity contribution is 8.15. The topological polar surface area (TPSA) is 67.9 Å². The van der Waals surface area contributed by atoms with Crippen molar-refractivity contribution in [3.05, 3.63) is 65.0 Å². The Kier molecular flexibility index (Phi) is 5.04. The lowest BCUT2D eigenvalue weighted by Gasteiger charge is -2.45. The van der Waals surface area contributed by atoms with Gasteiger partial charge >= 0.3 is 0 Å². The molecule has 1 spiro atoms. The summed E-state index contributed by atoms with van der Waals surface area (Å²) in [4.78, 5) is 11.4. The number of thioether (sulfide) groups is 1. The van der Waals surface area contributed by atoms with Gasteiger partial charge in [0.2, 0.25) is 5.91 Å². The fourth-order valence-electron chi connectivity index (χ4n) is 3.81. The van der Waals surface area contributed by atoms with Crippen LogP contribution in [0.25, 0.3) is 0 Å². The van der Waals surface area contributed by atoms with Crippen LogP contribution in [-0.2, 0) is 9.67 Å². The summed E-state index contributed by atoms with van der Waals surface area (Å²) in [5.41, 5.74) is 6.43. The van der Waals surface area contributed by atoms with Crippen molar-refractivity contribution in [3.8, 4) is 5.75 Å². The van der Waals surface area contributed by atoms with Crippen LogP contribution in [0.2, 0.25) is 0 Å². The highest BCUT2D eigenvalue weighted by atomic mass is 32.2. The second-order valence-electron chi connectivity index (χ2n) is 6.92. The van der Waals surface area contributed by atoms with E-state index in [1.165, 1.54) is 30.1 Å². The molecule has 2 aromatic rings. The van der Waals surface area contributed by atoms with Crippen LogP contribution >= 0.6 is 11.8 Å². The number of hydrogen-bond acceptors (Lipinski definition) is 5. The maximum Gasteiger partial charge on any atom is 0.241 e. The van der Waals surface area contributed by atoms with Crippen LogP contribution in [0, 0.1) is 23.4 Å². The Morgan fingerprint density at radius 2 is 1.97 bits per heavy atom. The van der Waals surface area contributed by atoms with Crippen LogP contribution in [0.4, 0.5) is 13.2 Å². The smallest absolute Gasteiger partial charge is 0.241 e. The molecule has 152 valence electrons. The van der Waals surface area contributed by atoms with Crippen molar-refractivity contribution < 1.29 is 22.7 Å². The molecule has 4 rings (SSSR count). The number of carbonyl (C=O) groups excluding carboxylic acids is 1. The van der Waals surface area contributed by atoms with Crippen molar-refractivity contribution in [2.45, 2.75) is 18.2 Å². The summed E-state index contributed by atoms with van der Waals surface area (Å²) < 4.78 is 47.5. The second-order valence-corrected chi connectivity index (χ2v) is 8.13. The Balaban J connectivity index is 1.90. The molecular formula is C20H18F3N3O2S. The van der Waals surface area contributed by atoms with Crippen LogP contribution in [0.5, 0.6) is 5.75 Å². The summed E-state index contributed by atoms with van der Waals surface area (Å²) in [6.45, 7) is 1.90. The number of carbonyl (C=O) groups is 1. The first kappa shape index (κ1) is 19.8. The van der Waals surface area contributed by atoms with Crippen molar-refractivity contribution in [1.82, 2.24) is 5.01 Å². The standard InChI is InChI=1S/C20H18F3N3O2S/c1-11(27)26-20(29-19(25-26)12-6-15(22)8-16(23)7-12)13(4-5-24)10-28-18-3-2-14(21)9-17(18)20/h2-3,6-9,13H,4-5,10,24H2,1H3. The van der Waals surface area contributed by atoms with E-state index in [2.05, 4.69) is 5.10 Å². The minimum Gasteiger partial charge on any atom is -0.493 e. The highest BCUT2D eigenvalue weighted by Crippen LogP contribution is 2.57. The molecule has 0 aromatic heterocycles. The molecule has 0 aliphatic carbocycles. The molecule has 1 amide bonds. The Bertz CT molecular complexity index is 996. The molecule has 0 fully saturated rings. The second kappa shape index (κ2) is 7.38. The third-order valence-corrected chi connectivity index (χ3v) is 6.55. The van der Waals surface area contributed by atoms with Crippen LogP contribution in [0.3, 0.4) is 0 Å². The number of hydrazone groups is 1. The number of amides is 1. The zero-order valence-electron chi connectivity index (χ0n) is 15.5. The first-order valence-corrected chi connectivity index (χ1v) is 9.84. The van der Waals surface area contributed by atoms with Gasteiger partial charge in [0.15, 0.2) is 4.87 Å². The van der Waals surface area contributed by atoms with Gasteiger partial charge in [0, 0.05) is 30.0 Å². The average molecular weight is 421 g/mol. The normalized spacial score (nSPS) is 23.0. The van der Waals surface area contributed by atoms with Crippen molar-refractivity contribution in [1.29, 1.82) is 0 Å². The predicted octanol–water partition coefficient (Wildman–Crippen LogP) is 3.57. The van der Waals surface area contributed by atoms with Crippen molar-refractivity contribution in [3.63, 3.8) is 0 Å². The molecule has 0 saturated heterocycles. The van der Waals surface area contributed by atoms with E-state index in [9.17, 15) is 18.0 Å². The zero-order chi connectivity index (χ0) is 20.8. The third kappa shape index (κ3) is 3.28. The fraction of sp³-hybridized carbons (Fsp3) is 0.300. The van der Waals surface area contributed by atoms with E-state index in [0.29, 0.717) is 24.3 Å². The van der Waals surface area contributed by atoms with E-state index < -0.39 is 22.3 Å². The number of fused-ring (bicyclic) bond motifs is 2. The van der Waals surface area contributed by atoms with Gasteiger partial charge in [-0.05, 0) is 43.3 Å². The molecule has 0 bridgehead atoms. The quantitative estimate of drug-likeness (QED) is 0.823. The lowest BCUT2D eigenvalue weighted by molar-refractivity contribution is -0.134. The van der Waals surface area contributed by atoms with Gasteiger partial charge in [0.25, 0.3) is 0 Å². The third-order valence-electron chi connectivity index (χ3n) is 5.00. The number of benzene rings is 2.